The Morgan fingerprint density at radius 1 is 1.00 bits per heavy atom. The van der Waals surface area contributed by atoms with Crippen LogP contribution in [0.1, 0.15) is 65.8 Å². The molecule has 0 saturated heterocycles. The zero-order valence-electron chi connectivity index (χ0n) is 23.2. The molecule has 206 valence electrons. The van der Waals surface area contributed by atoms with Crippen LogP contribution in [0.4, 0.5) is 5.69 Å². The molecule has 3 aromatic rings. The number of benzene rings is 1. The highest BCUT2D eigenvalue weighted by Crippen LogP contribution is 2.29. The van der Waals surface area contributed by atoms with Crippen molar-refractivity contribution in [2.75, 3.05) is 18.9 Å². The Morgan fingerprint density at radius 2 is 1.72 bits per heavy atom. The molecule has 2 N–H and O–H groups in total. The van der Waals surface area contributed by atoms with Crippen LogP contribution in [0.5, 0.6) is 0 Å². The summed E-state index contributed by atoms with van der Waals surface area (Å²) in [5, 5.41) is 18.3. The number of amides is 2. The van der Waals surface area contributed by atoms with Crippen LogP contribution in [0.2, 0.25) is 0 Å². The lowest BCUT2D eigenvalue weighted by atomic mass is 9.90. The van der Waals surface area contributed by atoms with Gasteiger partial charge in [0.05, 0.1) is 11.1 Å². The standard InChI is InChI=1S/C31H39N5O3/c1-21-14-17-36(39)22(2)28(21)23-10-12-25(13-11-23)32-31(38)29(24-8-6-4-5-7-9-24)33-30(37)26-15-16-35-19-18-34(3)20-27(26)35/h10-17,24,29H,4-9,18-20H2,1-3H3,(H,32,38)(H,33,37). The van der Waals surface area contributed by atoms with Crippen molar-refractivity contribution in [3.63, 3.8) is 0 Å². The molecule has 8 nitrogen and oxygen atoms in total. The number of likely N-dealkylation sites (N-methyl/N-ethyl adjacent to an activating group) is 1. The minimum Gasteiger partial charge on any atom is -0.618 e. The summed E-state index contributed by atoms with van der Waals surface area (Å²) in [5.74, 6) is -0.267. The third-order valence-corrected chi connectivity index (χ3v) is 8.39. The number of aryl methyl sites for hydroxylation is 1. The highest BCUT2D eigenvalue weighted by Gasteiger charge is 2.32. The number of rotatable bonds is 6. The minimum absolute atomic E-state index is 0.0963. The zero-order valence-corrected chi connectivity index (χ0v) is 23.2. The van der Waals surface area contributed by atoms with E-state index in [0.717, 1.165) is 72.4 Å². The molecule has 0 radical (unpaired) electrons. The van der Waals surface area contributed by atoms with E-state index in [0.29, 0.717) is 16.9 Å². The van der Waals surface area contributed by atoms with Crippen LogP contribution in [0.15, 0.2) is 48.8 Å². The van der Waals surface area contributed by atoms with Crippen molar-refractivity contribution in [1.29, 1.82) is 0 Å². The third-order valence-electron chi connectivity index (χ3n) is 8.39. The van der Waals surface area contributed by atoms with Gasteiger partial charge in [0.25, 0.3) is 5.91 Å². The van der Waals surface area contributed by atoms with Gasteiger partial charge in [-0.05, 0) is 62.1 Å². The predicted octanol–water partition coefficient (Wildman–Crippen LogP) is 4.56. The molecular weight excluding hydrogens is 490 g/mol. The largest absolute Gasteiger partial charge is 0.618 e. The van der Waals surface area contributed by atoms with Crippen molar-refractivity contribution in [2.24, 2.45) is 5.92 Å². The molecule has 1 unspecified atom stereocenters. The average Bonchev–Trinajstić information content (AvgIpc) is 3.15. The molecule has 1 aliphatic heterocycles. The zero-order chi connectivity index (χ0) is 27.5. The third kappa shape index (κ3) is 5.86. The normalized spacial score (nSPS) is 17.2. The number of pyridine rings is 1. The van der Waals surface area contributed by atoms with Gasteiger partial charge in [0, 0.05) is 50.2 Å². The number of carbonyl (C=O) groups is 2. The van der Waals surface area contributed by atoms with Gasteiger partial charge in [-0.3, -0.25) is 14.5 Å². The fourth-order valence-corrected chi connectivity index (χ4v) is 6.12. The van der Waals surface area contributed by atoms with Gasteiger partial charge in [-0.2, -0.15) is 4.73 Å². The first-order chi connectivity index (χ1) is 18.8. The molecule has 1 aromatic carbocycles. The van der Waals surface area contributed by atoms with E-state index < -0.39 is 6.04 Å². The minimum atomic E-state index is -0.606. The van der Waals surface area contributed by atoms with Gasteiger partial charge in [-0.15, -0.1) is 0 Å². The molecule has 0 spiro atoms. The molecule has 39 heavy (non-hydrogen) atoms. The number of aromatic nitrogens is 2. The maximum absolute atomic E-state index is 13.7. The monoisotopic (exact) mass is 529 g/mol. The number of hydrogen-bond donors (Lipinski definition) is 2. The van der Waals surface area contributed by atoms with E-state index in [2.05, 4.69) is 27.1 Å². The summed E-state index contributed by atoms with van der Waals surface area (Å²) >= 11 is 0. The predicted molar refractivity (Wildman–Crippen MR) is 152 cm³/mol. The van der Waals surface area contributed by atoms with E-state index in [4.69, 9.17) is 0 Å². The van der Waals surface area contributed by atoms with Crippen LogP contribution >= 0.6 is 0 Å². The molecule has 8 heteroatoms. The molecule has 1 saturated carbocycles. The first-order valence-corrected chi connectivity index (χ1v) is 14.1. The fourth-order valence-electron chi connectivity index (χ4n) is 6.12. The van der Waals surface area contributed by atoms with Crippen LogP contribution in [0.25, 0.3) is 11.1 Å². The summed E-state index contributed by atoms with van der Waals surface area (Å²) in [6, 6.07) is 10.7. The molecule has 1 aliphatic carbocycles. The maximum Gasteiger partial charge on any atom is 0.253 e. The van der Waals surface area contributed by atoms with Crippen LogP contribution in [-0.4, -0.2) is 40.9 Å². The van der Waals surface area contributed by atoms with Crippen molar-refractivity contribution in [3.8, 4) is 11.1 Å². The number of anilines is 1. The second-order valence-corrected chi connectivity index (χ2v) is 11.2. The van der Waals surface area contributed by atoms with E-state index in [1.807, 2.05) is 56.4 Å². The first-order valence-electron chi connectivity index (χ1n) is 14.1. The summed E-state index contributed by atoms with van der Waals surface area (Å²) < 4.78 is 3.01. The summed E-state index contributed by atoms with van der Waals surface area (Å²) in [5.41, 5.74) is 5.80. The smallest absolute Gasteiger partial charge is 0.253 e. The van der Waals surface area contributed by atoms with Gasteiger partial charge in [0.15, 0.2) is 11.9 Å². The molecule has 1 atom stereocenters. The molecule has 2 amide bonds. The van der Waals surface area contributed by atoms with Crippen molar-refractivity contribution in [2.45, 2.75) is 71.5 Å². The van der Waals surface area contributed by atoms with E-state index in [9.17, 15) is 14.8 Å². The lowest BCUT2D eigenvalue weighted by Gasteiger charge is -2.28. The highest BCUT2D eigenvalue weighted by atomic mass is 16.5. The van der Waals surface area contributed by atoms with E-state index >= 15 is 0 Å². The van der Waals surface area contributed by atoms with Gasteiger partial charge in [-0.1, -0.05) is 37.8 Å². The second kappa shape index (κ2) is 11.6. The van der Waals surface area contributed by atoms with Crippen molar-refractivity contribution >= 4 is 17.5 Å². The van der Waals surface area contributed by atoms with Crippen molar-refractivity contribution < 1.29 is 14.3 Å². The van der Waals surface area contributed by atoms with Gasteiger partial charge in [0.2, 0.25) is 5.91 Å². The lowest BCUT2D eigenvalue weighted by molar-refractivity contribution is -0.611. The quantitative estimate of drug-likeness (QED) is 0.278. The van der Waals surface area contributed by atoms with E-state index in [-0.39, 0.29) is 17.7 Å². The Morgan fingerprint density at radius 3 is 2.44 bits per heavy atom. The summed E-state index contributed by atoms with van der Waals surface area (Å²) in [4.78, 5) is 29.4. The summed E-state index contributed by atoms with van der Waals surface area (Å²) in [6.07, 6.45) is 9.83. The lowest BCUT2D eigenvalue weighted by Crippen LogP contribution is -2.48. The Hall–Kier alpha value is -3.65. The Bertz CT molecular complexity index is 1340. The van der Waals surface area contributed by atoms with Crippen LogP contribution < -0.4 is 15.4 Å². The molecule has 2 aromatic heterocycles. The topological polar surface area (TPSA) is 93.3 Å². The van der Waals surface area contributed by atoms with Gasteiger partial charge < -0.3 is 20.4 Å². The van der Waals surface area contributed by atoms with Crippen molar-refractivity contribution in [1.82, 2.24) is 14.8 Å². The summed E-state index contributed by atoms with van der Waals surface area (Å²) in [7, 11) is 2.06. The second-order valence-electron chi connectivity index (χ2n) is 11.2. The summed E-state index contributed by atoms with van der Waals surface area (Å²) in [6.45, 7) is 6.33. The first kappa shape index (κ1) is 26.9. The molecule has 3 heterocycles. The van der Waals surface area contributed by atoms with Gasteiger partial charge in [0.1, 0.15) is 6.04 Å². The molecule has 2 aliphatic rings. The molecule has 5 rings (SSSR count). The molecular formula is C31H39N5O3. The van der Waals surface area contributed by atoms with Crippen LogP contribution in [0.3, 0.4) is 0 Å². The van der Waals surface area contributed by atoms with Crippen molar-refractivity contribution in [3.05, 3.63) is 76.5 Å². The Balaban J connectivity index is 1.35. The Labute approximate surface area is 230 Å². The molecule has 0 bridgehead atoms. The maximum atomic E-state index is 13.7. The fraction of sp³-hybridized carbons (Fsp3) is 0.452. The number of nitrogens with zero attached hydrogens (tertiary/aromatic N) is 3. The van der Waals surface area contributed by atoms with Gasteiger partial charge in [-0.25, -0.2) is 0 Å². The number of carbonyl (C=O) groups excluding carboxylic acids is 2. The molecule has 1 fully saturated rings. The number of hydrogen-bond acceptors (Lipinski definition) is 4. The highest BCUT2D eigenvalue weighted by molar-refractivity contribution is 6.02. The van der Waals surface area contributed by atoms with Gasteiger partial charge >= 0.3 is 0 Å². The van der Waals surface area contributed by atoms with Crippen LogP contribution in [0, 0.1) is 25.0 Å². The number of fused-ring (bicyclic) bond motifs is 1. The number of nitrogens with one attached hydrogen (secondary N) is 2. The Kier molecular flexibility index (Phi) is 8.02. The van der Waals surface area contributed by atoms with E-state index in [1.165, 1.54) is 19.0 Å². The SMILES string of the molecule is Cc1cc[n+]([O-])c(C)c1-c1ccc(NC(=O)C(NC(=O)c2ccn3c2CN(C)CC3)C2CCCCCC2)cc1. The van der Waals surface area contributed by atoms with Crippen LogP contribution in [-0.2, 0) is 17.9 Å². The van der Waals surface area contributed by atoms with E-state index in [1.54, 1.807) is 0 Å². The average molecular weight is 530 g/mol.